The highest BCUT2D eigenvalue weighted by Crippen LogP contribution is 2.24. The van der Waals surface area contributed by atoms with Crippen LogP contribution in [0, 0.1) is 13.8 Å². The summed E-state index contributed by atoms with van der Waals surface area (Å²) in [5.41, 5.74) is 2.20. The van der Waals surface area contributed by atoms with Crippen LogP contribution in [0.15, 0.2) is 18.2 Å². The number of carbonyl (C=O) groups excluding carboxylic acids is 1. The van der Waals surface area contributed by atoms with Gasteiger partial charge in [0.15, 0.2) is 0 Å². The maximum Gasteiger partial charge on any atom is 0.406 e. The van der Waals surface area contributed by atoms with Crippen molar-refractivity contribution in [2.75, 3.05) is 19.8 Å². The topological polar surface area (TPSA) is 29.5 Å². The zero-order valence-corrected chi connectivity index (χ0v) is 12.7. The average molecular weight is 315 g/mol. The van der Waals surface area contributed by atoms with E-state index in [4.69, 9.17) is 4.74 Å². The van der Waals surface area contributed by atoms with Crippen molar-refractivity contribution in [3.8, 4) is 0 Å². The standard InChI is InChI=1S/C16H20F3NO2/c1-11-3-4-13(9-12(11)2)15(21)20(10-16(17,18)19)14-5-7-22-8-6-14/h3-4,9,14H,5-8,10H2,1-2H3. The molecule has 0 atom stereocenters. The zero-order valence-electron chi connectivity index (χ0n) is 12.7. The third-order valence-corrected chi connectivity index (χ3v) is 4.00. The second kappa shape index (κ2) is 6.69. The van der Waals surface area contributed by atoms with Crippen molar-refractivity contribution < 1.29 is 22.7 Å². The number of benzene rings is 1. The van der Waals surface area contributed by atoms with Crippen molar-refractivity contribution in [1.29, 1.82) is 0 Å². The number of halogens is 3. The van der Waals surface area contributed by atoms with E-state index in [0.29, 0.717) is 31.6 Å². The molecule has 1 heterocycles. The van der Waals surface area contributed by atoms with E-state index in [-0.39, 0.29) is 0 Å². The van der Waals surface area contributed by atoms with Crippen LogP contribution in [-0.2, 0) is 4.74 Å². The number of ether oxygens (including phenoxy) is 1. The van der Waals surface area contributed by atoms with E-state index in [0.717, 1.165) is 16.0 Å². The van der Waals surface area contributed by atoms with Gasteiger partial charge >= 0.3 is 6.18 Å². The number of hydrogen-bond donors (Lipinski definition) is 0. The normalized spacial score (nSPS) is 16.6. The number of aryl methyl sites for hydroxylation is 2. The van der Waals surface area contributed by atoms with Gasteiger partial charge in [0.1, 0.15) is 6.54 Å². The van der Waals surface area contributed by atoms with Crippen molar-refractivity contribution in [1.82, 2.24) is 4.90 Å². The molecule has 3 nitrogen and oxygen atoms in total. The molecule has 1 saturated heterocycles. The van der Waals surface area contributed by atoms with Crippen LogP contribution in [0.2, 0.25) is 0 Å². The molecule has 1 amide bonds. The Morgan fingerprint density at radius 1 is 1.23 bits per heavy atom. The van der Waals surface area contributed by atoms with Gasteiger partial charge in [-0.25, -0.2) is 0 Å². The van der Waals surface area contributed by atoms with Gasteiger partial charge in [0.25, 0.3) is 5.91 Å². The predicted octanol–water partition coefficient (Wildman–Crippen LogP) is 3.49. The number of amides is 1. The lowest BCUT2D eigenvalue weighted by molar-refractivity contribution is -0.147. The quantitative estimate of drug-likeness (QED) is 0.854. The summed E-state index contributed by atoms with van der Waals surface area (Å²) in [6.45, 7) is 3.30. The van der Waals surface area contributed by atoms with Crippen LogP contribution < -0.4 is 0 Å². The molecule has 1 aromatic rings. The SMILES string of the molecule is Cc1ccc(C(=O)N(CC(F)(F)F)C2CCOCC2)cc1C. The number of rotatable bonds is 3. The van der Waals surface area contributed by atoms with Crippen LogP contribution in [0.3, 0.4) is 0 Å². The summed E-state index contributed by atoms with van der Waals surface area (Å²) in [6.07, 6.45) is -3.53. The molecule has 0 unspecified atom stereocenters. The molecular weight excluding hydrogens is 295 g/mol. The van der Waals surface area contributed by atoms with Gasteiger partial charge in [-0.3, -0.25) is 4.79 Å². The lowest BCUT2D eigenvalue weighted by Gasteiger charge is -2.35. The highest BCUT2D eigenvalue weighted by atomic mass is 19.4. The molecule has 1 aromatic carbocycles. The lowest BCUT2D eigenvalue weighted by Crippen LogP contribution is -2.47. The first kappa shape index (κ1) is 16.8. The largest absolute Gasteiger partial charge is 0.406 e. The highest BCUT2D eigenvalue weighted by Gasteiger charge is 2.37. The fourth-order valence-corrected chi connectivity index (χ4v) is 2.60. The van der Waals surface area contributed by atoms with E-state index in [1.807, 2.05) is 13.8 Å². The van der Waals surface area contributed by atoms with Crippen LogP contribution in [0.1, 0.15) is 34.3 Å². The Balaban J connectivity index is 2.26. The number of alkyl halides is 3. The minimum atomic E-state index is -4.41. The summed E-state index contributed by atoms with van der Waals surface area (Å²) in [5, 5.41) is 0. The van der Waals surface area contributed by atoms with Gasteiger partial charge in [-0.15, -0.1) is 0 Å². The first-order valence-corrected chi connectivity index (χ1v) is 7.30. The fraction of sp³-hybridized carbons (Fsp3) is 0.562. The van der Waals surface area contributed by atoms with Crippen molar-refractivity contribution in [3.63, 3.8) is 0 Å². The molecule has 6 heteroatoms. The molecule has 1 aliphatic heterocycles. The summed E-state index contributed by atoms with van der Waals surface area (Å²) >= 11 is 0. The third-order valence-electron chi connectivity index (χ3n) is 4.00. The van der Waals surface area contributed by atoms with Crippen molar-refractivity contribution in [2.24, 2.45) is 0 Å². The second-order valence-corrected chi connectivity index (χ2v) is 5.69. The Bertz CT molecular complexity index is 537. The minimum absolute atomic E-state index is 0.304. The van der Waals surface area contributed by atoms with Crippen LogP contribution >= 0.6 is 0 Å². The molecule has 0 aliphatic carbocycles. The van der Waals surface area contributed by atoms with E-state index in [1.54, 1.807) is 18.2 Å². The number of hydrogen-bond acceptors (Lipinski definition) is 2. The third kappa shape index (κ3) is 4.22. The zero-order chi connectivity index (χ0) is 16.3. The first-order valence-electron chi connectivity index (χ1n) is 7.30. The molecule has 0 bridgehead atoms. The molecule has 1 aliphatic rings. The van der Waals surface area contributed by atoms with Gasteiger partial charge < -0.3 is 9.64 Å². The fourth-order valence-electron chi connectivity index (χ4n) is 2.60. The monoisotopic (exact) mass is 315 g/mol. The Morgan fingerprint density at radius 3 is 2.41 bits per heavy atom. The van der Waals surface area contributed by atoms with Crippen molar-refractivity contribution >= 4 is 5.91 Å². The summed E-state index contributed by atoms with van der Waals surface area (Å²) in [6, 6.07) is 4.58. The van der Waals surface area contributed by atoms with Gasteiger partial charge in [0.2, 0.25) is 0 Å². The van der Waals surface area contributed by atoms with E-state index >= 15 is 0 Å². The molecule has 2 rings (SSSR count). The van der Waals surface area contributed by atoms with Crippen LogP contribution in [0.4, 0.5) is 13.2 Å². The van der Waals surface area contributed by atoms with Crippen molar-refractivity contribution in [2.45, 2.75) is 38.9 Å². The van der Waals surface area contributed by atoms with E-state index < -0.39 is 24.7 Å². The van der Waals surface area contributed by atoms with E-state index in [9.17, 15) is 18.0 Å². The Kier molecular flexibility index (Phi) is 5.11. The van der Waals surface area contributed by atoms with Crippen LogP contribution in [0.25, 0.3) is 0 Å². The lowest BCUT2D eigenvalue weighted by atomic mass is 10.0. The Hall–Kier alpha value is -1.56. The predicted molar refractivity (Wildman–Crippen MR) is 76.8 cm³/mol. The molecule has 0 aromatic heterocycles. The molecule has 0 saturated carbocycles. The molecule has 0 spiro atoms. The minimum Gasteiger partial charge on any atom is -0.381 e. The van der Waals surface area contributed by atoms with Gasteiger partial charge in [0, 0.05) is 24.8 Å². The van der Waals surface area contributed by atoms with E-state index in [1.165, 1.54) is 0 Å². The Morgan fingerprint density at radius 2 is 1.86 bits per heavy atom. The smallest absolute Gasteiger partial charge is 0.381 e. The van der Waals surface area contributed by atoms with Crippen LogP contribution in [-0.4, -0.2) is 42.8 Å². The van der Waals surface area contributed by atoms with Gasteiger partial charge in [-0.2, -0.15) is 13.2 Å². The molecular formula is C16H20F3NO2. The summed E-state index contributed by atoms with van der Waals surface area (Å²) in [4.78, 5) is 13.5. The summed E-state index contributed by atoms with van der Waals surface area (Å²) < 4.78 is 43.7. The molecule has 22 heavy (non-hydrogen) atoms. The van der Waals surface area contributed by atoms with Gasteiger partial charge in [-0.05, 0) is 49.9 Å². The number of nitrogens with zero attached hydrogens (tertiary/aromatic N) is 1. The molecule has 0 radical (unpaired) electrons. The highest BCUT2D eigenvalue weighted by molar-refractivity contribution is 5.94. The van der Waals surface area contributed by atoms with Crippen LogP contribution in [0.5, 0.6) is 0 Å². The molecule has 1 fully saturated rings. The first-order chi connectivity index (χ1) is 10.3. The van der Waals surface area contributed by atoms with E-state index in [2.05, 4.69) is 0 Å². The van der Waals surface area contributed by atoms with Gasteiger partial charge in [0.05, 0.1) is 0 Å². The van der Waals surface area contributed by atoms with Crippen molar-refractivity contribution in [3.05, 3.63) is 34.9 Å². The summed E-state index contributed by atoms with van der Waals surface area (Å²) in [5.74, 6) is -0.563. The molecule has 122 valence electrons. The van der Waals surface area contributed by atoms with Gasteiger partial charge in [-0.1, -0.05) is 6.07 Å². The summed E-state index contributed by atoms with van der Waals surface area (Å²) in [7, 11) is 0. The number of carbonyl (C=O) groups is 1. The average Bonchev–Trinajstić information content (AvgIpc) is 2.47. The molecule has 0 N–H and O–H groups in total. The maximum atomic E-state index is 12.9. The maximum absolute atomic E-state index is 12.9. The Labute approximate surface area is 128 Å². The second-order valence-electron chi connectivity index (χ2n) is 5.69.